The summed E-state index contributed by atoms with van der Waals surface area (Å²) in [7, 11) is 0. The van der Waals surface area contributed by atoms with Gasteiger partial charge in [-0.2, -0.15) is 0 Å². The van der Waals surface area contributed by atoms with E-state index in [1.54, 1.807) is 19.1 Å². The summed E-state index contributed by atoms with van der Waals surface area (Å²) in [5, 5.41) is 6.01. The van der Waals surface area contributed by atoms with E-state index >= 15 is 0 Å². The van der Waals surface area contributed by atoms with Crippen LogP contribution in [0.25, 0.3) is 0 Å². The predicted octanol–water partition coefficient (Wildman–Crippen LogP) is 3.28. The highest BCUT2D eigenvalue weighted by atomic mass is 35.5. The zero-order valence-corrected chi connectivity index (χ0v) is 14.6. The fourth-order valence-corrected chi connectivity index (χ4v) is 3.06. The second-order valence-electron chi connectivity index (χ2n) is 5.69. The summed E-state index contributed by atoms with van der Waals surface area (Å²) < 4.78 is 25.1. The van der Waals surface area contributed by atoms with Gasteiger partial charge < -0.3 is 20.1 Å². The maximum Gasteiger partial charge on any atom is 0.407 e. The van der Waals surface area contributed by atoms with Crippen LogP contribution in [0, 0.1) is 11.7 Å². The molecule has 1 aliphatic rings. The second kappa shape index (κ2) is 9.81. The predicted molar refractivity (Wildman–Crippen MR) is 90.7 cm³/mol. The molecule has 2 unspecified atom stereocenters. The van der Waals surface area contributed by atoms with E-state index in [0.717, 1.165) is 25.9 Å². The van der Waals surface area contributed by atoms with E-state index < -0.39 is 18.0 Å². The lowest BCUT2D eigenvalue weighted by molar-refractivity contribution is 0.00243. The minimum atomic E-state index is -0.481. The maximum absolute atomic E-state index is 14.4. The molecule has 2 N–H and O–H groups in total. The monoisotopic (exact) mass is 358 g/mol. The average molecular weight is 359 g/mol. The van der Waals surface area contributed by atoms with Crippen molar-refractivity contribution < 1.29 is 18.7 Å². The topological polar surface area (TPSA) is 59.6 Å². The Morgan fingerprint density at radius 1 is 1.54 bits per heavy atom. The smallest absolute Gasteiger partial charge is 0.407 e. The average Bonchev–Trinajstić information content (AvgIpc) is 2.59. The first-order valence-corrected chi connectivity index (χ1v) is 8.68. The minimum Gasteiger partial charge on any atom is -0.450 e. The number of alkyl carbamates (subject to hydrolysis) is 1. The molecule has 0 bridgehead atoms. The van der Waals surface area contributed by atoms with E-state index in [1.807, 2.05) is 0 Å². The summed E-state index contributed by atoms with van der Waals surface area (Å²) in [5.41, 5.74) is 0.465. The van der Waals surface area contributed by atoms with Gasteiger partial charge in [-0.25, -0.2) is 9.18 Å². The molecule has 1 heterocycles. The molecule has 1 aromatic rings. The van der Waals surface area contributed by atoms with E-state index in [4.69, 9.17) is 21.1 Å². The van der Waals surface area contributed by atoms with Crippen LogP contribution in [0.2, 0.25) is 5.02 Å². The molecule has 0 aromatic heterocycles. The van der Waals surface area contributed by atoms with Gasteiger partial charge in [0.15, 0.2) is 0 Å². The summed E-state index contributed by atoms with van der Waals surface area (Å²) in [6.07, 6.45) is 1.09. The summed E-state index contributed by atoms with van der Waals surface area (Å²) in [6, 6.07) is 4.96. The van der Waals surface area contributed by atoms with Crippen molar-refractivity contribution in [3.05, 3.63) is 34.6 Å². The Balaban J connectivity index is 2.00. The normalized spacial score (nSPS) is 18.9. The van der Waals surface area contributed by atoms with Crippen LogP contribution in [0.15, 0.2) is 18.2 Å². The van der Waals surface area contributed by atoms with Crippen LogP contribution in [0.5, 0.6) is 0 Å². The van der Waals surface area contributed by atoms with Crippen LogP contribution in [-0.2, 0) is 9.47 Å². The molecule has 134 valence electrons. The highest BCUT2D eigenvalue weighted by molar-refractivity contribution is 6.30. The molecule has 5 nitrogen and oxygen atoms in total. The zero-order chi connectivity index (χ0) is 17.4. The number of ether oxygens (including phenoxy) is 2. The van der Waals surface area contributed by atoms with Gasteiger partial charge in [0.2, 0.25) is 0 Å². The van der Waals surface area contributed by atoms with E-state index in [1.165, 1.54) is 6.07 Å². The number of benzene rings is 1. The van der Waals surface area contributed by atoms with Crippen LogP contribution >= 0.6 is 11.6 Å². The Hall–Kier alpha value is -1.37. The molecule has 0 saturated carbocycles. The highest BCUT2D eigenvalue weighted by Crippen LogP contribution is 2.34. The van der Waals surface area contributed by atoms with Gasteiger partial charge in [0.05, 0.1) is 24.3 Å². The first-order valence-electron chi connectivity index (χ1n) is 8.30. The van der Waals surface area contributed by atoms with Crippen LogP contribution in [-0.4, -0.2) is 38.9 Å². The molecular formula is C17H24ClFN2O3. The third kappa shape index (κ3) is 5.33. The van der Waals surface area contributed by atoms with E-state index in [-0.39, 0.29) is 17.5 Å². The lowest BCUT2D eigenvalue weighted by Gasteiger charge is -2.31. The molecule has 7 heteroatoms. The third-order valence-electron chi connectivity index (χ3n) is 4.00. The van der Waals surface area contributed by atoms with Gasteiger partial charge >= 0.3 is 6.09 Å². The van der Waals surface area contributed by atoms with Gasteiger partial charge in [-0.05, 0) is 32.4 Å². The number of carbonyl (C=O) groups is 1. The van der Waals surface area contributed by atoms with Gasteiger partial charge in [-0.3, -0.25) is 0 Å². The number of hydrogen-bond acceptors (Lipinski definition) is 4. The van der Waals surface area contributed by atoms with Crippen molar-refractivity contribution >= 4 is 17.7 Å². The van der Waals surface area contributed by atoms with Gasteiger partial charge in [-0.15, -0.1) is 0 Å². The van der Waals surface area contributed by atoms with Crippen molar-refractivity contribution in [1.82, 2.24) is 10.6 Å². The van der Waals surface area contributed by atoms with Crippen molar-refractivity contribution in [3.8, 4) is 0 Å². The molecule has 1 aliphatic heterocycles. The van der Waals surface area contributed by atoms with E-state index in [9.17, 15) is 9.18 Å². The van der Waals surface area contributed by atoms with E-state index in [2.05, 4.69) is 10.6 Å². The van der Waals surface area contributed by atoms with Gasteiger partial charge in [0.25, 0.3) is 0 Å². The molecule has 1 amide bonds. The molecule has 1 saturated heterocycles. The summed E-state index contributed by atoms with van der Waals surface area (Å²) in [6.45, 7) is 4.36. The molecule has 1 fully saturated rings. The molecule has 1 aromatic carbocycles. The molecule has 2 rings (SSSR count). The summed E-state index contributed by atoms with van der Waals surface area (Å²) in [5.74, 6) is -0.276. The van der Waals surface area contributed by atoms with Gasteiger partial charge in [0.1, 0.15) is 5.82 Å². The zero-order valence-electron chi connectivity index (χ0n) is 13.8. The summed E-state index contributed by atoms with van der Waals surface area (Å²) in [4.78, 5) is 11.3. The summed E-state index contributed by atoms with van der Waals surface area (Å²) >= 11 is 5.91. The van der Waals surface area contributed by atoms with Crippen molar-refractivity contribution in [2.75, 3.05) is 32.8 Å². The number of halogens is 2. The van der Waals surface area contributed by atoms with E-state index in [0.29, 0.717) is 18.7 Å². The maximum atomic E-state index is 14.4. The Bertz CT molecular complexity index is 539. The van der Waals surface area contributed by atoms with Crippen molar-refractivity contribution in [1.29, 1.82) is 0 Å². The standard InChI is InChI=1S/C17H24ClFN2O3/c1-2-23-17(22)21-9-10-24-16(12-5-4-8-20-11-12)13-6-3-7-14(18)15(13)19/h3,6-7,12,16,20H,2,4-5,8-11H2,1H3,(H,21,22). The number of amides is 1. The lowest BCUT2D eigenvalue weighted by Crippen LogP contribution is -2.35. The minimum absolute atomic E-state index is 0.0921. The second-order valence-corrected chi connectivity index (χ2v) is 6.10. The fraction of sp³-hybridized carbons (Fsp3) is 0.588. The number of piperidine rings is 1. The number of nitrogens with one attached hydrogen (secondary N) is 2. The number of rotatable bonds is 7. The van der Waals surface area contributed by atoms with Crippen LogP contribution in [0.1, 0.15) is 31.4 Å². The molecular weight excluding hydrogens is 335 g/mol. The van der Waals surface area contributed by atoms with Crippen molar-refractivity contribution in [2.24, 2.45) is 5.92 Å². The van der Waals surface area contributed by atoms with Crippen LogP contribution < -0.4 is 10.6 Å². The fourth-order valence-electron chi connectivity index (χ4n) is 2.88. The van der Waals surface area contributed by atoms with Gasteiger partial charge in [0, 0.05) is 24.6 Å². The first-order chi connectivity index (χ1) is 11.6. The highest BCUT2D eigenvalue weighted by Gasteiger charge is 2.28. The molecule has 0 spiro atoms. The van der Waals surface area contributed by atoms with Crippen molar-refractivity contribution in [3.63, 3.8) is 0 Å². The van der Waals surface area contributed by atoms with Crippen LogP contribution in [0.3, 0.4) is 0 Å². The molecule has 0 aliphatic carbocycles. The largest absolute Gasteiger partial charge is 0.450 e. The van der Waals surface area contributed by atoms with Gasteiger partial charge in [-0.1, -0.05) is 23.7 Å². The first kappa shape index (κ1) is 19.0. The van der Waals surface area contributed by atoms with Crippen molar-refractivity contribution in [2.45, 2.75) is 25.9 Å². The lowest BCUT2D eigenvalue weighted by atomic mass is 9.89. The van der Waals surface area contributed by atoms with Crippen LogP contribution in [0.4, 0.5) is 9.18 Å². The Labute approximate surface area is 146 Å². The number of hydrogen-bond donors (Lipinski definition) is 2. The molecule has 2 atom stereocenters. The Kier molecular flexibility index (Phi) is 7.75. The molecule has 0 radical (unpaired) electrons. The molecule has 24 heavy (non-hydrogen) atoms. The SMILES string of the molecule is CCOC(=O)NCCOC(c1cccc(Cl)c1F)C1CCCNC1. The number of carbonyl (C=O) groups excluding carboxylic acids is 1. The quantitative estimate of drug-likeness (QED) is 0.734. The Morgan fingerprint density at radius 2 is 2.38 bits per heavy atom. The Morgan fingerprint density at radius 3 is 3.08 bits per heavy atom. The third-order valence-corrected chi connectivity index (χ3v) is 4.29.